The molecule has 0 spiro atoms. The average molecular weight is 332 g/mol. The Hall–Kier alpha value is -1.71. The Labute approximate surface area is 142 Å². The van der Waals surface area contributed by atoms with Gasteiger partial charge in [0.2, 0.25) is 0 Å². The van der Waals surface area contributed by atoms with Gasteiger partial charge >= 0.3 is 0 Å². The largest absolute Gasteiger partial charge is 0.489 e. The molecule has 1 aliphatic heterocycles. The quantitative estimate of drug-likeness (QED) is 0.781. The van der Waals surface area contributed by atoms with Crippen molar-refractivity contribution >= 4 is 11.6 Å². The molecule has 1 heterocycles. The summed E-state index contributed by atoms with van der Waals surface area (Å²) in [6, 6.07) is 15.2. The number of nitrogens with zero attached hydrogens (tertiary/aromatic N) is 1. The van der Waals surface area contributed by atoms with Gasteiger partial charge in [0.15, 0.2) is 11.5 Å². The second-order valence-corrected chi connectivity index (χ2v) is 6.52. The van der Waals surface area contributed by atoms with Crippen LogP contribution < -0.4 is 9.47 Å². The number of hydrogen-bond donors (Lipinski definition) is 0. The van der Waals surface area contributed by atoms with Crippen LogP contribution in [0.2, 0.25) is 5.02 Å². The minimum atomic E-state index is 0.577. The third kappa shape index (κ3) is 4.63. The minimum absolute atomic E-state index is 0.577. The Morgan fingerprint density at radius 2 is 1.96 bits per heavy atom. The van der Waals surface area contributed by atoms with Crippen LogP contribution in [0.25, 0.3) is 0 Å². The van der Waals surface area contributed by atoms with E-state index >= 15 is 0 Å². The highest BCUT2D eigenvalue weighted by atomic mass is 35.5. The van der Waals surface area contributed by atoms with E-state index in [1.807, 2.05) is 42.5 Å². The van der Waals surface area contributed by atoms with Crippen LogP contribution in [0.15, 0.2) is 48.5 Å². The molecular formula is C19H22ClNO2. The van der Waals surface area contributed by atoms with E-state index in [9.17, 15) is 0 Å². The van der Waals surface area contributed by atoms with Crippen molar-refractivity contribution in [2.75, 3.05) is 26.7 Å². The van der Waals surface area contributed by atoms with Crippen LogP contribution in [0, 0.1) is 5.92 Å². The summed E-state index contributed by atoms with van der Waals surface area (Å²) >= 11 is 6.01. The molecular weight excluding hydrogens is 310 g/mol. The third-order valence-electron chi connectivity index (χ3n) is 4.07. The molecule has 122 valence electrons. The van der Waals surface area contributed by atoms with Crippen molar-refractivity contribution < 1.29 is 9.47 Å². The molecule has 0 radical (unpaired) electrons. The Morgan fingerprint density at radius 3 is 2.74 bits per heavy atom. The molecule has 0 aromatic heterocycles. The lowest BCUT2D eigenvalue weighted by molar-refractivity contribution is 0.148. The van der Waals surface area contributed by atoms with Gasteiger partial charge in [-0.2, -0.15) is 0 Å². The predicted molar refractivity (Wildman–Crippen MR) is 93.7 cm³/mol. The zero-order valence-electron chi connectivity index (χ0n) is 13.4. The number of likely N-dealkylation sites (tertiary alicyclic amines) is 1. The van der Waals surface area contributed by atoms with Crippen molar-refractivity contribution in [2.24, 2.45) is 5.92 Å². The number of para-hydroxylation sites is 2. The lowest BCUT2D eigenvalue weighted by Crippen LogP contribution is -2.34. The first-order chi connectivity index (χ1) is 11.2. The van der Waals surface area contributed by atoms with E-state index in [1.165, 1.54) is 19.4 Å². The first-order valence-corrected chi connectivity index (χ1v) is 8.42. The molecule has 0 amide bonds. The van der Waals surface area contributed by atoms with Crippen molar-refractivity contribution in [1.82, 2.24) is 4.90 Å². The van der Waals surface area contributed by atoms with E-state index in [2.05, 4.69) is 11.9 Å². The van der Waals surface area contributed by atoms with E-state index < -0.39 is 0 Å². The fraction of sp³-hybridized carbons (Fsp3) is 0.368. The number of rotatable bonds is 5. The van der Waals surface area contributed by atoms with Crippen molar-refractivity contribution in [3.63, 3.8) is 0 Å². The van der Waals surface area contributed by atoms with Crippen LogP contribution in [-0.2, 0) is 0 Å². The SMILES string of the molecule is CN1CCCC(COc2ccccc2Oc2cccc(Cl)c2)C1. The topological polar surface area (TPSA) is 21.7 Å². The van der Waals surface area contributed by atoms with Crippen molar-refractivity contribution in [3.05, 3.63) is 53.6 Å². The summed E-state index contributed by atoms with van der Waals surface area (Å²) in [5, 5.41) is 0.658. The molecule has 1 unspecified atom stereocenters. The number of piperidine rings is 1. The molecule has 1 aliphatic rings. The molecule has 2 aromatic rings. The van der Waals surface area contributed by atoms with Gasteiger partial charge in [-0.3, -0.25) is 0 Å². The molecule has 1 atom stereocenters. The first kappa shape index (κ1) is 16.2. The van der Waals surface area contributed by atoms with Gasteiger partial charge in [0.1, 0.15) is 5.75 Å². The number of hydrogen-bond acceptors (Lipinski definition) is 3. The minimum Gasteiger partial charge on any atom is -0.489 e. The fourth-order valence-electron chi connectivity index (χ4n) is 2.93. The Balaban J connectivity index is 1.65. The molecule has 23 heavy (non-hydrogen) atoms. The molecule has 1 saturated heterocycles. The highest BCUT2D eigenvalue weighted by Gasteiger charge is 2.18. The molecule has 0 aliphatic carbocycles. The van der Waals surface area contributed by atoms with Gasteiger partial charge in [-0.15, -0.1) is 0 Å². The van der Waals surface area contributed by atoms with E-state index in [1.54, 1.807) is 6.07 Å². The van der Waals surface area contributed by atoms with Gasteiger partial charge in [-0.1, -0.05) is 29.8 Å². The predicted octanol–water partition coefficient (Wildman–Crippen LogP) is 4.85. The van der Waals surface area contributed by atoms with Gasteiger partial charge in [0.25, 0.3) is 0 Å². The third-order valence-corrected chi connectivity index (χ3v) is 4.30. The molecule has 3 nitrogen and oxygen atoms in total. The molecule has 0 saturated carbocycles. The maximum Gasteiger partial charge on any atom is 0.169 e. The summed E-state index contributed by atoms with van der Waals surface area (Å²) < 4.78 is 12.0. The van der Waals surface area contributed by atoms with Crippen LogP contribution in [0.3, 0.4) is 0 Å². The van der Waals surface area contributed by atoms with Gasteiger partial charge in [0, 0.05) is 17.5 Å². The average Bonchev–Trinajstić information content (AvgIpc) is 2.54. The van der Waals surface area contributed by atoms with E-state index in [0.29, 0.717) is 16.7 Å². The lowest BCUT2D eigenvalue weighted by Gasteiger charge is -2.29. The van der Waals surface area contributed by atoms with Crippen molar-refractivity contribution in [2.45, 2.75) is 12.8 Å². The Kier molecular flexibility index (Phi) is 5.42. The number of ether oxygens (including phenoxy) is 2. The molecule has 2 aromatic carbocycles. The smallest absolute Gasteiger partial charge is 0.169 e. The molecule has 1 fully saturated rings. The maximum atomic E-state index is 6.04. The highest BCUT2D eigenvalue weighted by molar-refractivity contribution is 6.30. The maximum absolute atomic E-state index is 6.04. The molecule has 0 N–H and O–H groups in total. The number of halogens is 1. The van der Waals surface area contributed by atoms with Crippen LogP contribution in [-0.4, -0.2) is 31.6 Å². The van der Waals surface area contributed by atoms with Crippen molar-refractivity contribution in [3.8, 4) is 17.2 Å². The van der Waals surface area contributed by atoms with Crippen molar-refractivity contribution in [1.29, 1.82) is 0 Å². The number of benzene rings is 2. The zero-order chi connectivity index (χ0) is 16.1. The van der Waals surface area contributed by atoms with E-state index in [0.717, 1.165) is 24.7 Å². The summed E-state index contributed by atoms with van der Waals surface area (Å²) in [6.45, 7) is 3.00. The van der Waals surface area contributed by atoms with Gasteiger partial charge < -0.3 is 14.4 Å². The van der Waals surface area contributed by atoms with Gasteiger partial charge in [-0.05, 0) is 56.8 Å². The molecule has 4 heteroatoms. The molecule has 0 bridgehead atoms. The van der Waals surface area contributed by atoms with Crippen LogP contribution >= 0.6 is 11.6 Å². The summed E-state index contributed by atoms with van der Waals surface area (Å²) in [6.07, 6.45) is 2.47. The normalized spacial score (nSPS) is 18.6. The van der Waals surface area contributed by atoms with E-state index in [-0.39, 0.29) is 0 Å². The Morgan fingerprint density at radius 1 is 1.13 bits per heavy atom. The summed E-state index contributed by atoms with van der Waals surface area (Å²) in [5.41, 5.74) is 0. The Bertz CT molecular complexity index is 647. The standard InChI is InChI=1S/C19H22ClNO2/c1-21-11-5-6-15(13-21)14-22-18-9-2-3-10-19(18)23-17-8-4-7-16(20)12-17/h2-4,7-10,12,15H,5-6,11,13-14H2,1H3. The lowest BCUT2D eigenvalue weighted by atomic mass is 10.00. The fourth-order valence-corrected chi connectivity index (χ4v) is 3.11. The monoisotopic (exact) mass is 331 g/mol. The second kappa shape index (κ2) is 7.71. The van der Waals surface area contributed by atoms with Crippen LogP contribution in [0.5, 0.6) is 17.2 Å². The molecule has 3 rings (SSSR count). The van der Waals surface area contributed by atoms with Crippen LogP contribution in [0.1, 0.15) is 12.8 Å². The second-order valence-electron chi connectivity index (χ2n) is 6.09. The van der Waals surface area contributed by atoms with Gasteiger partial charge in [-0.25, -0.2) is 0 Å². The highest BCUT2D eigenvalue weighted by Crippen LogP contribution is 2.32. The zero-order valence-corrected chi connectivity index (χ0v) is 14.1. The summed E-state index contributed by atoms with van der Waals surface area (Å²) in [5.74, 6) is 2.79. The summed E-state index contributed by atoms with van der Waals surface area (Å²) in [7, 11) is 2.17. The van der Waals surface area contributed by atoms with Crippen LogP contribution in [0.4, 0.5) is 0 Å². The summed E-state index contributed by atoms with van der Waals surface area (Å²) in [4.78, 5) is 2.37. The van der Waals surface area contributed by atoms with Gasteiger partial charge in [0.05, 0.1) is 6.61 Å². The van der Waals surface area contributed by atoms with E-state index in [4.69, 9.17) is 21.1 Å². The first-order valence-electron chi connectivity index (χ1n) is 8.04.